The Kier molecular flexibility index (Phi) is 3.33. The zero-order valence-corrected chi connectivity index (χ0v) is 9.46. The van der Waals surface area contributed by atoms with Crippen LogP contribution in [-0.4, -0.2) is 16.2 Å². The van der Waals surface area contributed by atoms with Crippen molar-refractivity contribution in [3.05, 3.63) is 23.5 Å². The van der Waals surface area contributed by atoms with Gasteiger partial charge in [-0.15, -0.1) is 5.10 Å². The van der Waals surface area contributed by atoms with Crippen LogP contribution < -0.4 is 5.32 Å². The Labute approximate surface area is 97.4 Å². The van der Waals surface area contributed by atoms with E-state index in [0.29, 0.717) is 11.7 Å². The lowest BCUT2D eigenvalue weighted by Gasteiger charge is -2.29. The fraction of sp³-hybridized carbons (Fsp3) is 0.636. The maximum Gasteiger partial charge on any atom is 0.435 e. The minimum absolute atomic E-state index is 0.0601. The topological polar surface area (TPSA) is 37.8 Å². The first-order valence-electron chi connectivity index (χ1n) is 5.63. The van der Waals surface area contributed by atoms with Gasteiger partial charge in [-0.05, 0) is 31.9 Å². The van der Waals surface area contributed by atoms with Crippen molar-refractivity contribution in [3.8, 4) is 0 Å². The van der Waals surface area contributed by atoms with Crippen molar-refractivity contribution in [1.82, 2.24) is 15.5 Å². The Morgan fingerprint density at radius 3 is 2.41 bits per heavy atom. The van der Waals surface area contributed by atoms with E-state index in [1.807, 2.05) is 6.92 Å². The van der Waals surface area contributed by atoms with Crippen LogP contribution >= 0.6 is 0 Å². The molecule has 2 rings (SSSR count). The van der Waals surface area contributed by atoms with Crippen molar-refractivity contribution >= 4 is 0 Å². The van der Waals surface area contributed by atoms with Gasteiger partial charge in [-0.1, -0.05) is 6.42 Å². The van der Waals surface area contributed by atoms with Crippen molar-refractivity contribution in [1.29, 1.82) is 0 Å². The van der Waals surface area contributed by atoms with Gasteiger partial charge in [-0.25, -0.2) is 0 Å². The van der Waals surface area contributed by atoms with E-state index in [1.165, 1.54) is 12.5 Å². The molecule has 1 N–H and O–H groups in total. The molecule has 94 valence electrons. The standard InChI is InChI=1S/C11H14F3N3/c1-7(15-8-3-2-4-8)9-5-6-10(17-16-9)11(12,13)14/h5-8,15H,2-4H2,1H3/t7-/m1/s1. The van der Waals surface area contributed by atoms with Crippen molar-refractivity contribution in [3.63, 3.8) is 0 Å². The number of nitrogens with zero attached hydrogens (tertiary/aromatic N) is 2. The SMILES string of the molecule is C[C@@H](NC1CCC1)c1ccc(C(F)(F)F)nn1. The molecule has 1 saturated carbocycles. The summed E-state index contributed by atoms with van der Waals surface area (Å²) in [4.78, 5) is 0. The zero-order valence-electron chi connectivity index (χ0n) is 9.46. The lowest BCUT2D eigenvalue weighted by Crippen LogP contribution is -2.37. The van der Waals surface area contributed by atoms with Crippen molar-refractivity contribution in [2.45, 2.75) is 44.4 Å². The molecule has 0 bridgehead atoms. The van der Waals surface area contributed by atoms with Gasteiger partial charge in [-0.3, -0.25) is 0 Å². The first kappa shape index (κ1) is 12.3. The molecule has 0 aliphatic heterocycles. The van der Waals surface area contributed by atoms with Crippen LogP contribution in [0.3, 0.4) is 0 Å². The normalized spacial score (nSPS) is 18.8. The van der Waals surface area contributed by atoms with E-state index in [-0.39, 0.29) is 6.04 Å². The van der Waals surface area contributed by atoms with E-state index >= 15 is 0 Å². The van der Waals surface area contributed by atoms with Crippen molar-refractivity contribution < 1.29 is 13.2 Å². The Hall–Kier alpha value is -1.17. The highest BCUT2D eigenvalue weighted by atomic mass is 19.4. The Bertz CT molecular complexity index is 371. The predicted molar refractivity (Wildman–Crippen MR) is 56.2 cm³/mol. The summed E-state index contributed by atoms with van der Waals surface area (Å²) < 4.78 is 36.8. The molecular formula is C11H14F3N3. The third kappa shape index (κ3) is 2.94. The Morgan fingerprint density at radius 2 is 2.00 bits per heavy atom. The lowest BCUT2D eigenvalue weighted by atomic mass is 9.92. The van der Waals surface area contributed by atoms with Gasteiger partial charge in [0.05, 0.1) is 5.69 Å². The zero-order chi connectivity index (χ0) is 12.5. The van der Waals surface area contributed by atoms with E-state index < -0.39 is 11.9 Å². The molecule has 1 atom stereocenters. The molecule has 1 aromatic rings. The summed E-state index contributed by atoms with van der Waals surface area (Å²) in [6, 6.07) is 2.76. The third-order valence-electron chi connectivity index (χ3n) is 3.01. The van der Waals surface area contributed by atoms with E-state index in [9.17, 15) is 13.2 Å². The molecule has 1 aliphatic carbocycles. The molecule has 0 radical (unpaired) electrons. The van der Waals surface area contributed by atoms with Crippen LogP contribution in [0, 0.1) is 0 Å². The minimum Gasteiger partial charge on any atom is -0.306 e. The molecule has 1 fully saturated rings. The van der Waals surface area contributed by atoms with Crippen LogP contribution in [0.1, 0.15) is 43.6 Å². The van der Waals surface area contributed by atoms with Crippen LogP contribution in [0.2, 0.25) is 0 Å². The maximum absolute atomic E-state index is 12.3. The first-order valence-corrected chi connectivity index (χ1v) is 5.63. The van der Waals surface area contributed by atoms with Gasteiger partial charge in [-0.2, -0.15) is 18.3 Å². The number of hydrogen-bond donors (Lipinski definition) is 1. The van der Waals surface area contributed by atoms with Gasteiger partial charge in [0, 0.05) is 12.1 Å². The molecule has 1 aliphatic rings. The fourth-order valence-corrected chi connectivity index (χ4v) is 1.74. The molecule has 0 saturated heterocycles. The number of nitrogens with one attached hydrogen (secondary N) is 1. The summed E-state index contributed by atoms with van der Waals surface area (Å²) in [6.07, 6.45) is -0.962. The predicted octanol–water partition coefficient (Wildman–Crippen LogP) is 2.70. The van der Waals surface area contributed by atoms with Gasteiger partial charge in [0.1, 0.15) is 0 Å². The molecular weight excluding hydrogens is 231 g/mol. The summed E-state index contributed by atoms with van der Waals surface area (Å²) in [7, 11) is 0. The summed E-state index contributed by atoms with van der Waals surface area (Å²) in [5.74, 6) is 0. The number of hydrogen-bond acceptors (Lipinski definition) is 3. The monoisotopic (exact) mass is 245 g/mol. The third-order valence-corrected chi connectivity index (χ3v) is 3.01. The van der Waals surface area contributed by atoms with Gasteiger partial charge in [0.25, 0.3) is 0 Å². The average Bonchev–Trinajstić information content (AvgIpc) is 2.22. The summed E-state index contributed by atoms with van der Waals surface area (Å²) in [5, 5.41) is 10.1. The summed E-state index contributed by atoms with van der Waals surface area (Å²) >= 11 is 0. The number of alkyl halides is 3. The van der Waals surface area contributed by atoms with Crippen LogP contribution in [0.4, 0.5) is 13.2 Å². The highest BCUT2D eigenvalue weighted by molar-refractivity contribution is 5.12. The largest absolute Gasteiger partial charge is 0.435 e. The molecule has 0 unspecified atom stereocenters. The quantitative estimate of drug-likeness (QED) is 0.889. The summed E-state index contributed by atoms with van der Waals surface area (Å²) in [5.41, 5.74) is -0.401. The molecule has 0 aromatic carbocycles. The molecule has 3 nitrogen and oxygen atoms in total. The second-order valence-electron chi connectivity index (χ2n) is 4.36. The molecule has 17 heavy (non-hydrogen) atoms. The van der Waals surface area contributed by atoms with Gasteiger partial charge in [0.2, 0.25) is 0 Å². The van der Waals surface area contributed by atoms with Gasteiger partial charge >= 0.3 is 6.18 Å². The lowest BCUT2D eigenvalue weighted by molar-refractivity contribution is -0.141. The van der Waals surface area contributed by atoms with Crippen LogP contribution in [-0.2, 0) is 6.18 Å². The van der Waals surface area contributed by atoms with Crippen LogP contribution in [0.5, 0.6) is 0 Å². The van der Waals surface area contributed by atoms with Crippen LogP contribution in [0.25, 0.3) is 0 Å². The van der Waals surface area contributed by atoms with Crippen LogP contribution in [0.15, 0.2) is 12.1 Å². The number of rotatable bonds is 3. The smallest absolute Gasteiger partial charge is 0.306 e. The minimum atomic E-state index is -4.42. The average molecular weight is 245 g/mol. The summed E-state index contributed by atoms with van der Waals surface area (Å²) in [6.45, 7) is 1.88. The number of halogens is 3. The Morgan fingerprint density at radius 1 is 1.29 bits per heavy atom. The number of aromatic nitrogens is 2. The fourth-order valence-electron chi connectivity index (χ4n) is 1.74. The second-order valence-corrected chi connectivity index (χ2v) is 4.36. The Balaban J connectivity index is 2.01. The maximum atomic E-state index is 12.3. The highest BCUT2D eigenvalue weighted by Gasteiger charge is 2.33. The highest BCUT2D eigenvalue weighted by Crippen LogP contribution is 2.27. The molecule has 0 spiro atoms. The van der Waals surface area contributed by atoms with E-state index in [0.717, 1.165) is 18.9 Å². The van der Waals surface area contributed by atoms with Crippen molar-refractivity contribution in [2.75, 3.05) is 0 Å². The van der Waals surface area contributed by atoms with Crippen molar-refractivity contribution in [2.24, 2.45) is 0 Å². The van der Waals surface area contributed by atoms with Gasteiger partial charge in [0.15, 0.2) is 5.69 Å². The van der Waals surface area contributed by atoms with Gasteiger partial charge < -0.3 is 5.32 Å². The molecule has 1 aromatic heterocycles. The first-order chi connectivity index (χ1) is 7.97. The van der Waals surface area contributed by atoms with E-state index in [2.05, 4.69) is 15.5 Å². The molecule has 1 heterocycles. The second kappa shape index (κ2) is 4.60. The van der Waals surface area contributed by atoms with E-state index in [1.54, 1.807) is 0 Å². The molecule has 0 amide bonds. The molecule has 6 heteroatoms. The van der Waals surface area contributed by atoms with E-state index in [4.69, 9.17) is 0 Å².